The van der Waals surface area contributed by atoms with Crippen molar-refractivity contribution in [2.75, 3.05) is 26.8 Å². The molecule has 0 bridgehead atoms. The Hall–Kier alpha value is -1.88. The SMILES string of the molecule is COCC(=O)NC1CCN(C(=O)CCc2ccc(C)cc2)CC1. The number of hydrogen-bond donors (Lipinski definition) is 1. The van der Waals surface area contributed by atoms with Gasteiger partial charge in [-0.2, -0.15) is 0 Å². The number of ether oxygens (including phenoxy) is 1. The maximum atomic E-state index is 12.3. The smallest absolute Gasteiger partial charge is 0.246 e. The number of likely N-dealkylation sites (tertiary alicyclic amines) is 1. The summed E-state index contributed by atoms with van der Waals surface area (Å²) in [7, 11) is 1.51. The minimum atomic E-state index is -0.0864. The van der Waals surface area contributed by atoms with Gasteiger partial charge in [0.25, 0.3) is 0 Å². The number of hydrogen-bond acceptors (Lipinski definition) is 3. The summed E-state index contributed by atoms with van der Waals surface area (Å²) in [6, 6.07) is 8.47. The summed E-state index contributed by atoms with van der Waals surface area (Å²) in [6.45, 7) is 3.58. The Bertz CT molecular complexity index is 520. The predicted octanol–water partition coefficient (Wildman–Crippen LogP) is 1.68. The van der Waals surface area contributed by atoms with Gasteiger partial charge >= 0.3 is 0 Å². The second kappa shape index (κ2) is 8.67. The van der Waals surface area contributed by atoms with E-state index in [1.54, 1.807) is 0 Å². The Morgan fingerprint density at radius 3 is 2.48 bits per heavy atom. The maximum absolute atomic E-state index is 12.3. The second-order valence-corrected chi connectivity index (χ2v) is 6.14. The van der Waals surface area contributed by atoms with Crippen LogP contribution in [-0.4, -0.2) is 49.6 Å². The third kappa shape index (κ3) is 5.67. The van der Waals surface area contributed by atoms with Crippen LogP contribution in [0.4, 0.5) is 0 Å². The Labute approximate surface area is 138 Å². The minimum Gasteiger partial charge on any atom is -0.375 e. The number of benzene rings is 1. The van der Waals surface area contributed by atoms with Crippen LogP contribution in [0.1, 0.15) is 30.4 Å². The molecule has 2 amide bonds. The number of carbonyl (C=O) groups excluding carboxylic acids is 2. The van der Waals surface area contributed by atoms with E-state index in [-0.39, 0.29) is 24.5 Å². The number of nitrogens with one attached hydrogen (secondary N) is 1. The number of amides is 2. The van der Waals surface area contributed by atoms with Gasteiger partial charge in [0.05, 0.1) is 0 Å². The summed E-state index contributed by atoms with van der Waals surface area (Å²) < 4.78 is 4.81. The highest BCUT2D eigenvalue weighted by Crippen LogP contribution is 2.13. The molecule has 0 aromatic heterocycles. The third-order valence-electron chi connectivity index (χ3n) is 4.24. The summed E-state index contributed by atoms with van der Waals surface area (Å²) in [5.41, 5.74) is 2.43. The fourth-order valence-electron chi connectivity index (χ4n) is 2.84. The zero-order valence-electron chi connectivity index (χ0n) is 14.0. The molecule has 5 nitrogen and oxygen atoms in total. The summed E-state index contributed by atoms with van der Waals surface area (Å²) in [5, 5.41) is 2.94. The van der Waals surface area contributed by atoms with E-state index in [4.69, 9.17) is 4.74 Å². The summed E-state index contributed by atoms with van der Waals surface area (Å²) in [4.78, 5) is 25.7. The molecule has 1 N–H and O–H groups in total. The van der Waals surface area contributed by atoms with E-state index in [1.165, 1.54) is 18.2 Å². The second-order valence-electron chi connectivity index (χ2n) is 6.14. The molecule has 1 fully saturated rings. The van der Waals surface area contributed by atoms with E-state index < -0.39 is 0 Å². The van der Waals surface area contributed by atoms with Crippen LogP contribution in [-0.2, 0) is 20.7 Å². The van der Waals surface area contributed by atoms with Gasteiger partial charge in [0, 0.05) is 32.7 Å². The first-order chi connectivity index (χ1) is 11.1. The normalized spacial score (nSPS) is 15.5. The predicted molar refractivity (Wildman–Crippen MR) is 89.1 cm³/mol. The quantitative estimate of drug-likeness (QED) is 0.868. The molecule has 5 heteroatoms. The van der Waals surface area contributed by atoms with Gasteiger partial charge in [-0.25, -0.2) is 0 Å². The highest BCUT2D eigenvalue weighted by atomic mass is 16.5. The molecule has 0 spiro atoms. The van der Waals surface area contributed by atoms with Crippen molar-refractivity contribution >= 4 is 11.8 Å². The Balaban J connectivity index is 1.71. The van der Waals surface area contributed by atoms with Crippen molar-refractivity contribution in [1.29, 1.82) is 0 Å². The molecule has 0 atom stereocenters. The van der Waals surface area contributed by atoms with Crippen LogP contribution in [0.3, 0.4) is 0 Å². The summed E-state index contributed by atoms with van der Waals surface area (Å²) in [6.07, 6.45) is 2.95. The monoisotopic (exact) mass is 318 g/mol. The Morgan fingerprint density at radius 2 is 1.87 bits per heavy atom. The molecular formula is C18H26N2O3. The maximum Gasteiger partial charge on any atom is 0.246 e. The largest absolute Gasteiger partial charge is 0.375 e. The lowest BCUT2D eigenvalue weighted by Crippen LogP contribution is -2.47. The van der Waals surface area contributed by atoms with Gasteiger partial charge in [0.2, 0.25) is 11.8 Å². The van der Waals surface area contributed by atoms with Gasteiger partial charge in [0.1, 0.15) is 6.61 Å². The van der Waals surface area contributed by atoms with Crippen molar-refractivity contribution in [2.45, 2.75) is 38.6 Å². The van der Waals surface area contributed by atoms with Gasteiger partial charge in [-0.15, -0.1) is 0 Å². The van der Waals surface area contributed by atoms with E-state index >= 15 is 0 Å². The van der Waals surface area contributed by atoms with Crippen molar-refractivity contribution in [2.24, 2.45) is 0 Å². The van der Waals surface area contributed by atoms with Gasteiger partial charge in [-0.05, 0) is 31.7 Å². The average Bonchev–Trinajstić information content (AvgIpc) is 2.55. The van der Waals surface area contributed by atoms with Gasteiger partial charge < -0.3 is 15.0 Å². The zero-order valence-corrected chi connectivity index (χ0v) is 14.0. The van der Waals surface area contributed by atoms with E-state index in [0.29, 0.717) is 19.5 Å². The van der Waals surface area contributed by atoms with E-state index in [9.17, 15) is 9.59 Å². The zero-order chi connectivity index (χ0) is 16.7. The molecule has 0 unspecified atom stereocenters. The van der Waals surface area contributed by atoms with Gasteiger partial charge in [-0.3, -0.25) is 9.59 Å². The standard InChI is InChI=1S/C18H26N2O3/c1-14-3-5-15(6-4-14)7-8-18(22)20-11-9-16(10-12-20)19-17(21)13-23-2/h3-6,16H,7-13H2,1-2H3,(H,19,21). The molecule has 0 radical (unpaired) electrons. The molecule has 1 aromatic carbocycles. The van der Waals surface area contributed by atoms with Crippen LogP contribution in [0.5, 0.6) is 0 Å². The molecule has 126 valence electrons. The molecule has 1 aliphatic rings. The average molecular weight is 318 g/mol. The van der Waals surface area contributed by atoms with Crippen LogP contribution in [0, 0.1) is 6.92 Å². The highest BCUT2D eigenvalue weighted by Gasteiger charge is 2.23. The molecule has 1 heterocycles. The van der Waals surface area contributed by atoms with Crippen molar-refractivity contribution < 1.29 is 14.3 Å². The summed E-state index contributed by atoms with van der Waals surface area (Å²) in [5.74, 6) is 0.115. The number of carbonyl (C=O) groups is 2. The molecule has 0 saturated carbocycles. The van der Waals surface area contributed by atoms with Crippen molar-refractivity contribution in [3.63, 3.8) is 0 Å². The lowest BCUT2D eigenvalue weighted by Gasteiger charge is -2.32. The van der Waals surface area contributed by atoms with Crippen molar-refractivity contribution in [3.05, 3.63) is 35.4 Å². The van der Waals surface area contributed by atoms with Crippen LogP contribution in [0.15, 0.2) is 24.3 Å². The van der Waals surface area contributed by atoms with Crippen molar-refractivity contribution in [3.8, 4) is 0 Å². The molecule has 0 aliphatic carbocycles. The number of nitrogens with zero attached hydrogens (tertiary/aromatic N) is 1. The van der Waals surface area contributed by atoms with Crippen LogP contribution in [0.2, 0.25) is 0 Å². The molecular weight excluding hydrogens is 292 g/mol. The van der Waals surface area contributed by atoms with E-state index in [2.05, 4.69) is 36.5 Å². The summed E-state index contributed by atoms with van der Waals surface area (Å²) >= 11 is 0. The van der Waals surface area contributed by atoms with Crippen LogP contribution in [0.25, 0.3) is 0 Å². The van der Waals surface area contributed by atoms with Crippen LogP contribution < -0.4 is 5.32 Å². The number of aryl methyl sites for hydroxylation is 2. The number of rotatable bonds is 6. The first kappa shape index (κ1) is 17.5. The molecule has 2 rings (SSSR count). The highest BCUT2D eigenvalue weighted by molar-refractivity contribution is 5.78. The molecule has 1 aliphatic heterocycles. The fraction of sp³-hybridized carbons (Fsp3) is 0.556. The van der Waals surface area contributed by atoms with Gasteiger partial charge in [-0.1, -0.05) is 29.8 Å². The fourth-order valence-corrected chi connectivity index (χ4v) is 2.84. The minimum absolute atomic E-state index is 0.0864. The Kier molecular flexibility index (Phi) is 6.59. The van der Waals surface area contributed by atoms with E-state index in [1.807, 2.05) is 4.90 Å². The first-order valence-electron chi connectivity index (χ1n) is 8.20. The number of methoxy groups -OCH3 is 1. The lowest BCUT2D eigenvalue weighted by atomic mass is 10.0. The Morgan fingerprint density at radius 1 is 1.22 bits per heavy atom. The van der Waals surface area contributed by atoms with Crippen LogP contribution >= 0.6 is 0 Å². The van der Waals surface area contributed by atoms with Crippen molar-refractivity contribution in [1.82, 2.24) is 10.2 Å². The molecule has 1 saturated heterocycles. The molecule has 1 aromatic rings. The third-order valence-corrected chi connectivity index (χ3v) is 4.24. The first-order valence-corrected chi connectivity index (χ1v) is 8.20. The topological polar surface area (TPSA) is 58.6 Å². The lowest BCUT2D eigenvalue weighted by molar-refractivity contribution is -0.132. The van der Waals surface area contributed by atoms with E-state index in [0.717, 1.165) is 19.3 Å². The van der Waals surface area contributed by atoms with Gasteiger partial charge in [0.15, 0.2) is 0 Å². The number of piperidine rings is 1. The molecule has 23 heavy (non-hydrogen) atoms.